The van der Waals surface area contributed by atoms with Gasteiger partial charge in [0.1, 0.15) is 5.75 Å². The van der Waals surface area contributed by atoms with Crippen LogP contribution in [0.25, 0.3) is 0 Å². The van der Waals surface area contributed by atoms with Crippen LogP contribution in [-0.2, 0) is 0 Å². The van der Waals surface area contributed by atoms with Crippen molar-refractivity contribution in [2.45, 2.75) is 5.92 Å². The zero-order chi connectivity index (χ0) is 14.8. The maximum Gasteiger partial charge on any atom is 0.311 e. The maximum atomic E-state index is 11.0. The first-order chi connectivity index (χ1) is 10.1. The van der Waals surface area contributed by atoms with Gasteiger partial charge < -0.3 is 9.47 Å². The Morgan fingerprint density at radius 1 is 1.33 bits per heavy atom. The zero-order valence-corrected chi connectivity index (χ0v) is 11.7. The molecule has 0 spiro atoms. The van der Waals surface area contributed by atoms with Crippen molar-refractivity contribution in [3.05, 3.63) is 63.2 Å². The molecule has 0 saturated carbocycles. The summed E-state index contributed by atoms with van der Waals surface area (Å²) in [6.45, 7) is 0.811. The number of hydrogen-bond acceptors (Lipinski definition) is 4. The summed E-state index contributed by atoms with van der Waals surface area (Å²) in [4.78, 5) is 10.5. The largest absolute Gasteiger partial charge is 0.493 e. The topological polar surface area (TPSA) is 61.6 Å². The lowest BCUT2D eigenvalue weighted by Gasteiger charge is -2.11. The number of halogens is 1. The third kappa shape index (κ3) is 2.78. The molecule has 6 heteroatoms. The number of rotatable bonds is 4. The predicted molar refractivity (Wildman–Crippen MR) is 78.3 cm³/mol. The number of benzene rings is 2. The van der Waals surface area contributed by atoms with E-state index in [4.69, 9.17) is 21.1 Å². The quantitative estimate of drug-likeness (QED) is 0.636. The minimum Gasteiger partial charge on any atom is -0.493 e. The highest BCUT2D eigenvalue weighted by atomic mass is 35.5. The number of nitro benzene ring substituents is 1. The van der Waals surface area contributed by atoms with Crippen LogP contribution in [0, 0.1) is 10.1 Å². The van der Waals surface area contributed by atoms with Gasteiger partial charge in [0.2, 0.25) is 0 Å². The molecule has 2 aromatic carbocycles. The molecular weight excluding hydrogens is 294 g/mol. The first kappa shape index (κ1) is 13.7. The molecular formula is C15H12ClNO4. The smallest absolute Gasteiger partial charge is 0.311 e. The second-order valence-electron chi connectivity index (χ2n) is 4.73. The van der Waals surface area contributed by atoms with E-state index >= 15 is 0 Å². The Morgan fingerprint density at radius 3 is 2.95 bits per heavy atom. The third-order valence-electron chi connectivity index (χ3n) is 3.36. The molecule has 2 aromatic rings. The van der Waals surface area contributed by atoms with Crippen LogP contribution in [0.15, 0.2) is 42.5 Å². The molecule has 0 radical (unpaired) electrons. The lowest BCUT2D eigenvalue weighted by atomic mass is 10.0. The average Bonchev–Trinajstić information content (AvgIpc) is 2.88. The van der Waals surface area contributed by atoms with Crippen LogP contribution in [0.3, 0.4) is 0 Å². The Morgan fingerprint density at radius 2 is 2.14 bits per heavy atom. The van der Waals surface area contributed by atoms with Crippen molar-refractivity contribution in [1.82, 2.24) is 0 Å². The molecule has 1 atom stereocenters. The van der Waals surface area contributed by atoms with Crippen molar-refractivity contribution >= 4 is 17.3 Å². The van der Waals surface area contributed by atoms with Gasteiger partial charge in [-0.1, -0.05) is 29.8 Å². The fourth-order valence-corrected chi connectivity index (χ4v) is 2.47. The van der Waals surface area contributed by atoms with Crippen LogP contribution >= 0.6 is 11.6 Å². The number of ether oxygens (including phenoxy) is 2. The number of fused-ring (bicyclic) bond motifs is 1. The van der Waals surface area contributed by atoms with Crippen LogP contribution in [0.5, 0.6) is 11.5 Å². The summed E-state index contributed by atoms with van der Waals surface area (Å²) < 4.78 is 11.2. The summed E-state index contributed by atoms with van der Waals surface area (Å²) >= 11 is 5.87. The fourth-order valence-electron chi connectivity index (χ4n) is 2.31. The van der Waals surface area contributed by atoms with E-state index in [1.165, 1.54) is 18.2 Å². The Labute approximate surface area is 126 Å². The molecule has 0 N–H and O–H groups in total. The summed E-state index contributed by atoms with van der Waals surface area (Å²) in [6, 6.07) is 12.0. The molecule has 1 aliphatic heterocycles. The lowest BCUT2D eigenvalue weighted by molar-refractivity contribution is -0.385. The van der Waals surface area contributed by atoms with Gasteiger partial charge in [0.25, 0.3) is 0 Å². The van der Waals surface area contributed by atoms with Crippen LogP contribution in [0.1, 0.15) is 11.5 Å². The normalized spacial score (nSPS) is 16.1. The highest BCUT2D eigenvalue weighted by Crippen LogP contribution is 2.35. The monoisotopic (exact) mass is 305 g/mol. The van der Waals surface area contributed by atoms with Crippen molar-refractivity contribution in [3.8, 4) is 11.5 Å². The number of hydrogen-bond donors (Lipinski definition) is 0. The molecule has 0 aliphatic carbocycles. The lowest BCUT2D eigenvalue weighted by Crippen LogP contribution is -2.12. The van der Waals surface area contributed by atoms with Gasteiger partial charge in [-0.2, -0.15) is 0 Å². The molecule has 21 heavy (non-hydrogen) atoms. The zero-order valence-electron chi connectivity index (χ0n) is 11.0. The van der Waals surface area contributed by atoms with E-state index in [2.05, 4.69) is 0 Å². The van der Waals surface area contributed by atoms with E-state index in [9.17, 15) is 10.1 Å². The molecule has 0 amide bonds. The summed E-state index contributed by atoms with van der Waals surface area (Å²) in [5.74, 6) is 1.07. The Balaban J connectivity index is 1.77. The van der Waals surface area contributed by atoms with E-state index in [0.717, 1.165) is 11.3 Å². The van der Waals surface area contributed by atoms with Crippen molar-refractivity contribution in [2.75, 3.05) is 13.2 Å². The highest BCUT2D eigenvalue weighted by molar-refractivity contribution is 6.30. The van der Waals surface area contributed by atoms with Crippen LogP contribution in [-0.4, -0.2) is 18.1 Å². The molecule has 5 nitrogen and oxygen atoms in total. The van der Waals surface area contributed by atoms with E-state index in [1.54, 1.807) is 0 Å². The minimum atomic E-state index is -0.481. The summed E-state index contributed by atoms with van der Waals surface area (Å²) in [5, 5.41) is 11.4. The molecule has 1 unspecified atom stereocenters. The molecule has 0 saturated heterocycles. The average molecular weight is 306 g/mol. The number of nitrogens with zero attached hydrogens (tertiary/aromatic N) is 1. The van der Waals surface area contributed by atoms with E-state index in [0.29, 0.717) is 18.2 Å². The van der Waals surface area contributed by atoms with Gasteiger partial charge in [0.05, 0.1) is 24.1 Å². The number of para-hydroxylation sites is 1. The summed E-state index contributed by atoms with van der Waals surface area (Å²) in [5.41, 5.74) is 0.966. The second-order valence-corrected chi connectivity index (χ2v) is 5.16. The van der Waals surface area contributed by atoms with E-state index < -0.39 is 4.92 Å². The van der Waals surface area contributed by atoms with Gasteiger partial charge in [-0.05, 0) is 12.1 Å². The molecule has 0 fully saturated rings. The third-order valence-corrected chi connectivity index (χ3v) is 3.59. The van der Waals surface area contributed by atoms with Crippen LogP contribution in [0.2, 0.25) is 5.02 Å². The van der Waals surface area contributed by atoms with Gasteiger partial charge in [-0.25, -0.2) is 0 Å². The first-order valence-electron chi connectivity index (χ1n) is 6.43. The van der Waals surface area contributed by atoms with Gasteiger partial charge in [0, 0.05) is 22.7 Å². The fraction of sp³-hybridized carbons (Fsp3) is 0.200. The van der Waals surface area contributed by atoms with Crippen molar-refractivity contribution < 1.29 is 14.4 Å². The van der Waals surface area contributed by atoms with Gasteiger partial charge in [-0.3, -0.25) is 10.1 Å². The van der Waals surface area contributed by atoms with E-state index in [1.807, 2.05) is 24.3 Å². The Hall–Kier alpha value is -2.27. The maximum absolute atomic E-state index is 11.0. The highest BCUT2D eigenvalue weighted by Gasteiger charge is 2.25. The minimum absolute atomic E-state index is 0.0554. The van der Waals surface area contributed by atoms with Crippen LogP contribution < -0.4 is 9.47 Å². The van der Waals surface area contributed by atoms with Gasteiger partial charge >= 0.3 is 5.69 Å². The van der Waals surface area contributed by atoms with Crippen molar-refractivity contribution in [3.63, 3.8) is 0 Å². The Bertz CT molecular complexity index is 689. The van der Waals surface area contributed by atoms with Crippen molar-refractivity contribution in [1.29, 1.82) is 0 Å². The molecule has 0 aromatic heterocycles. The standard InChI is InChI=1S/C15H12ClNO4/c16-11-5-6-13(17(18)19)15(7-11)21-9-10-8-20-14-4-2-1-3-12(10)14/h1-7,10H,8-9H2. The molecule has 3 rings (SSSR count). The second kappa shape index (κ2) is 5.61. The molecule has 108 valence electrons. The van der Waals surface area contributed by atoms with Gasteiger partial charge in [0.15, 0.2) is 5.75 Å². The van der Waals surface area contributed by atoms with Crippen molar-refractivity contribution in [2.24, 2.45) is 0 Å². The number of nitro groups is 1. The van der Waals surface area contributed by atoms with Crippen LogP contribution in [0.4, 0.5) is 5.69 Å². The predicted octanol–water partition coefficient (Wildman–Crippen LogP) is 3.80. The summed E-state index contributed by atoms with van der Waals surface area (Å²) in [6.07, 6.45) is 0. The SMILES string of the molecule is O=[N+]([O-])c1ccc(Cl)cc1OCC1COc2ccccc21. The Kier molecular flexibility index (Phi) is 3.66. The first-order valence-corrected chi connectivity index (χ1v) is 6.81. The molecule has 1 heterocycles. The van der Waals surface area contributed by atoms with E-state index in [-0.39, 0.29) is 17.4 Å². The summed E-state index contributed by atoms with van der Waals surface area (Å²) in [7, 11) is 0. The molecule has 1 aliphatic rings. The molecule has 0 bridgehead atoms. The van der Waals surface area contributed by atoms with Gasteiger partial charge in [-0.15, -0.1) is 0 Å².